The van der Waals surface area contributed by atoms with Crippen molar-refractivity contribution in [1.82, 2.24) is 0 Å². The van der Waals surface area contributed by atoms with Crippen molar-refractivity contribution < 1.29 is 50.1 Å². The third-order valence-electron chi connectivity index (χ3n) is 0.200. The number of phosphoric acid groups is 2. The minimum atomic E-state index is -5.68. The Balaban J connectivity index is -0.000000320. The zero-order chi connectivity index (χ0) is 7.71. The molecule has 71 valence electrons. The molecule has 11 heavy (non-hydrogen) atoms. The summed E-state index contributed by atoms with van der Waals surface area (Å²) in [5.41, 5.74) is 0. The maximum absolute atomic E-state index is 9.32. The van der Waals surface area contributed by atoms with Crippen LogP contribution in [0, 0.1) is 0 Å². The molecule has 0 aromatic rings. The Morgan fingerprint density at radius 3 is 1.09 bits per heavy atom. The standard InChI is InChI=1S/CH4.Mn.H4O7P2/c;;1-8(2,3)7-9(4,5)6/h1H4;;(H2,1,2,3)(H2,4,5,6)/p-4. The fraction of sp³-hybridized carbons (Fsp3) is 1.00. The average molecular weight is 245 g/mol. The molecule has 0 spiro atoms. The minimum Gasteiger partial charge on any atom is -0.790 e. The molecule has 0 unspecified atom stereocenters. The second-order valence-electron chi connectivity index (χ2n) is 0.976. The summed E-state index contributed by atoms with van der Waals surface area (Å²) in [6.45, 7) is 0. The van der Waals surface area contributed by atoms with E-state index in [1.54, 1.807) is 0 Å². The average Bonchev–Trinajstić information content (AvgIpc) is 1.14. The zero-order valence-corrected chi connectivity index (χ0v) is 7.10. The van der Waals surface area contributed by atoms with Crippen molar-refractivity contribution in [3.63, 3.8) is 0 Å². The van der Waals surface area contributed by atoms with Gasteiger partial charge in [0.15, 0.2) is 0 Å². The Morgan fingerprint density at radius 1 is 0.909 bits per heavy atom. The van der Waals surface area contributed by atoms with Gasteiger partial charge in [-0.05, 0) is 0 Å². The first kappa shape index (κ1) is 17.8. The van der Waals surface area contributed by atoms with Gasteiger partial charge in [0.1, 0.15) is 0 Å². The molecule has 0 fully saturated rings. The molecule has 10 heteroatoms. The van der Waals surface area contributed by atoms with E-state index in [1.807, 2.05) is 0 Å². The van der Waals surface area contributed by atoms with Gasteiger partial charge in [0.2, 0.25) is 0 Å². The van der Waals surface area contributed by atoms with Crippen LogP contribution in [0.3, 0.4) is 0 Å². The van der Waals surface area contributed by atoms with Crippen LogP contribution in [-0.4, -0.2) is 0 Å². The summed E-state index contributed by atoms with van der Waals surface area (Å²) >= 11 is 0. The van der Waals surface area contributed by atoms with E-state index in [0.29, 0.717) is 0 Å². The Bertz CT molecular complexity index is 157. The number of hydrogen-bond acceptors (Lipinski definition) is 7. The van der Waals surface area contributed by atoms with Crippen LogP contribution in [-0.2, 0) is 30.5 Å². The Kier molecular flexibility index (Phi) is 8.77. The van der Waals surface area contributed by atoms with Crippen LogP contribution in [0.25, 0.3) is 0 Å². The first-order valence-electron chi connectivity index (χ1n) is 1.46. The van der Waals surface area contributed by atoms with Gasteiger partial charge in [0.05, 0.1) is 15.6 Å². The summed E-state index contributed by atoms with van der Waals surface area (Å²) in [4.78, 5) is 37.3. The van der Waals surface area contributed by atoms with Gasteiger partial charge < -0.3 is 33.0 Å². The predicted molar refractivity (Wildman–Crippen MR) is 23.0 cm³/mol. The molecule has 0 atom stereocenters. The van der Waals surface area contributed by atoms with Crippen molar-refractivity contribution in [2.75, 3.05) is 0 Å². The predicted octanol–water partition coefficient (Wildman–Crippen LogP) is -2.71. The second kappa shape index (κ2) is 5.43. The summed E-state index contributed by atoms with van der Waals surface area (Å²) in [6, 6.07) is 0. The van der Waals surface area contributed by atoms with E-state index in [4.69, 9.17) is 0 Å². The normalized spacial score (nSPS) is 11.3. The third kappa shape index (κ3) is 18.1. The van der Waals surface area contributed by atoms with E-state index >= 15 is 0 Å². The van der Waals surface area contributed by atoms with Gasteiger partial charge in [0, 0.05) is 17.1 Å². The maximum atomic E-state index is 9.32. The van der Waals surface area contributed by atoms with Crippen molar-refractivity contribution in [2.24, 2.45) is 0 Å². The maximum Gasteiger partial charge on any atom is 0.0655 e. The van der Waals surface area contributed by atoms with E-state index in [2.05, 4.69) is 4.31 Å². The summed E-state index contributed by atoms with van der Waals surface area (Å²) in [6.07, 6.45) is 0. The van der Waals surface area contributed by atoms with Crippen LogP contribution in [0.5, 0.6) is 0 Å². The monoisotopic (exact) mass is 245 g/mol. The van der Waals surface area contributed by atoms with Crippen LogP contribution in [0.15, 0.2) is 0 Å². The first-order valence-corrected chi connectivity index (χ1v) is 4.38. The van der Waals surface area contributed by atoms with Crippen molar-refractivity contribution in [1.29, 1.82) is 0 Å². The molecule has 0 amide bonds. The molecular formula is CH4MnO7P2-4. The molecule has 0 saturated carbocycles. The van der Waals surface area contributed by atoms with Crippen molar-refractivity contribution in [3.8, 4) is 0 Å². The van der Waals surface area contributed by atoms with Gasteiger partial charge in [0.25, 0.3) is 0 Å². The van der Waals surface area contributed by atoms with Crippen LogP contribution in [0.4, 0.5) is 0 Å². The Labute approximate surface area is 73.7 Å². The second-order valence-corrected chi connectivity index (χ2v) is 3.42. The molecule has 0 aromatic heterocycles. The number of hydrogen-bond donors (Lipinski definition) is 0. The molecule has 0 saturated heterocycles. The molecule has 1 radical (unpaired) electrons. The van der Waals surface area contributed by atoms with Gasteiger partial charge in [-0.2, -0.15) is 0 Å². The smallest absolute Gasteiger partial charge is 0.0655 e. The fourth-order valence-corrected chi connectivity index (χ4v) is 1.10. The Hall–Kier alpha value is 0.779. The summed E-state index contributed by atoms with van der Waals surface area (Å²) in [5.74, 6) is 0. The summed E-state index contributed by atoms with van der Waals surface area (Å²) < 4.78 is 21.2. The number of rotatable bonds is 2. The molecule has 0 heterocycles. The van der Waals surface area contributed by atoms with E-state index in [1.165, 1.54) is 0 Å². The van der Waals surface area contributed by atoms with Gasteiger partial charge >= 0.3 is 0 Å². The van der Waals surface area contributed by atoms with Crippen molar-refractivity contribution in [2.45, 2.75) is 7.43 Å². The zero-order valence-electron chi connectivity index (χ0n) is 4.13. The largest absolute Gasteiger partial charge is 0.790 e. The molecule has 0 aliphatic heterocycles. The van der Waals surface area contributed by atoms with E-state index in [9.17, 15) is 28.7 Å². The van der Waals surface area contributed by atoms with Crippen LogP contribution in [0.2, 0.25) is 0 Å². The van der Waals surface area contributed by atoms with Crippen molar-refractivity contribution >= 4 is 15.6 Å². The topological polar surface area (TPSA) is 136 Å². The molecule has 0 N–H and O–H groups in total. The van der Waals surface area contributed by atoms with Gasteiger partial charge in [-0.15, -0.1) is 0 Å². The van der Waals surface area contributed by atoms with Crippen molar-refractivity contribution in [3.05, 3.63) is 0 Å². The van der Waals surface area contributed by atoms with E-state index < -0.39 is 15.6 Å². The quantitative estimate of drug-likeness (QED) is 0.381. The molecule has 0 bridgehead atoms. The van der Waals surface area contributed by atoms with E-state index in [-0.39, 0.29) is 24.5 Å². The first-order chi connectivity index (χ1) is 3.71. The van der Waals surface area contributed by atoms with Crippen LogP contribution < -0.4 is 19.6 Å². The van der Waals surface area contributed by atoms with Gasteiger partial charge in [-0.25, -0.2) is 0 Å². The molecule has 0 rings (SSSR count). The SMILES string of the molecule is C.O=P([O-])([O-])OP(=O)([O-])[O-].[Mn]. The minimum absolute atomic E-state index is 0. The molecule has 0 aliphatic carbocycles. The summed E-state index contributed by atoms with van der Waals surface area (Å²) in [7, 11) is -11.4. The molecule has 7 nitrogen and oxygen atoms in total. The van der Waals surface area contributed by atoms with E-state index in [0.717, 1.165) is 0 Å². The fourth-order valence-electron chi connectivity index (χ4n) is 0.122. The molecule has 0 aliphatic rings. The molecular weight excluding hydrogens is 241 g/mol. The van der Waals surface area contributed by atoms with Crippen LogP contribution in [0.1, 0.15) is 7.43 Å². The van der Waals surface area contributed by atoms with Gasteiger partial charge in [-0.3, -0.25) is 0 Å². The summed E-state index contributed by atoms with van der Waals surface area (Å²) in [5, 5.41) is 0. The van der Waals surface area contributed by atoms with Crippen LogP contribution >= 0.6 is 15.6 Å². The Morgan fingerprint density at radius 2 is 1.09 bits per heavy atom. The van der Waals surface area contributed by atoms with Gasteiger partial charge in [-0.1, -0.05) is 7.43 Å². The molecule has 0 aromatic carbocycles. The third-order valence-corrected chi connectivity index (χ3v) is 1.80.